The average Bonchev–Trinajstić information content (AvgIpc) is 2.36. The van der Waals surface area contributed by atoms with Crippen LogP contribution in [0.1, 0.15) is 19.3 Å². The molecule has 2 rings (SSSR count). The number of rotatable bonds is 0. The highest BCUT2D eigenvalue weighted by molar-refractivity contribution is 4.90. The first kappa shape index (κ1) is 7.53. The van der Waals surface area contributed by atoms with E-state index in [0.29, 0.717) is 12.6 Å². The smallest absolute Gasteiger partial charge is 0.0926 e. The summed E-state index contributed by atoms with van der Waals surface area (Å²) in [5.74, 6) is 0. The monoisotopic (exact) mass is 157 g/mol. The molecular weight excluding hydrogens is 142 g/mol. The lowest BCUT2D eigenvalue weighted by atomic mass is 9.98. The quantitative estimate of drug-likeness (QED) is 0.502. The van der Waals surface area contributed by atoms with Crippen molar-refractivity contribution < 1.29 is 10.2 Å². The summed E-state index contributed by atoms with van der Waals surface area (Å²) in [5.41, 5.74) is 0. The predicted octanol–water partition coefficient (Wildman–Crippen LogP) is -0.424. The molecule has 2 N–H and O–H groups in total. The summed E-state index contributed by atoms with van der Waals surface area (Å²) in [6.45, 7) is 1.78. The highest BCUT2D eigenvalue weighted by atomic mass is 16.3. The largest absolute Gasteiger partial charge is 0.390 e. The van der Waals surface area contributed by atoms with Crippen LogP contribution in [-0.4, -0.2) is 46.5 Å². The van der Waals surface area contributed by atoms with Gasteiger partial charge in [-0.2, -0.15) is 0 Å². The van der Waals surface area contributed by atoms with Gasteiger partial charge in [-0.15, -0.1) is 0 Å². The Morgan fingerprint density at radius 3 is 2.82 bits per heavy atom. The summed E-state index contributed by atoms with van der Waals surface area (Å²) < 4.78 is 0. The van der Waals surface area contributed by atoms with Crippen LogP contribution in [0.4, 0.5) is 0 Å². The van der Waals surface area contributed by atoms with Gasteiger partial charge in [0.05, 0.1) is 12.2 Å². The number of hydrogen-bond donors (Lipinski definition) is 2. The lowest BCUT2D eigenvalue weighted by molar-refractivity contribution is -0.0501. The van der Waals surface area contributed by atoms with Crippen molar-refractivity contribution in [1.29, 1.82) is 0 Å². The highest BCUT2D eigenvalue weighted by Gasteiger charge is 2.35. The molecule has 3 atom stereocenters. The first-order valence-electron chi connectivity index (χ1n) is 4.37. The van der Waals surface area contributed by atoms with Gasteiger partial charge in [0.15, 0.2) is 0 Å². The minimum absolute atomic E-state index is 0.477. The zero-order valence-electron chi connectivity index (χ0n) is 6.61. The molecule has 3 heteroatoms. The summed E-state index contributed by atoms with van der Waals surface area (Å²) in [6, 6.07) is 0.549. The van der Waals surface area contributed by atoms with Crippen molar-refractivity contribution in [3.8, 4) is 0 Å². The number of piperidine rings is 1. The standard InChI is InChI=1S/C8H15NO2/c10-7-4-6-2-1-3-9(6)5-8(7)11/h6-8,10-11H,1-5H2. The second-order valence-electron chi connectivity index (χ2n) is 3.66. The molecule has 2 heterocycles. The van der Waals surface area contributed by atoms with Crippen LogP contribution in [0, 0.1) is 0 Å². The molecule has 2 aliphatic rings. The summed E-state index contributed by atoms with van der Waals surface area (Å²) in [5, 5.41) is 18.7. The van der Waals surface area contributed by atoms with Gasteiger partial charge < -0.3 is 10.2 Å². The summed E-state index contributed by atoms with van der Waals surface area (Å²) in [4.78, 5) is 2.29. The number of hydrogen-bond acceptors (Lipinski definition) is 3. The van der Waals surface area contributed by atoms with E-state index in [0.717, 1.165) is 13.0 Å². The van der Waals surface area contributed by atoms with Gasteiger partial charge in [0.25, 0.3) is 0 Å². The van der Waals surface area contributed by atoms with Crippen LogP contribution in [0.3, 0.4) is 0 Å². The molecule has 2 fully saturated rings. The van der Waals surface area contributed by atoms with Crippen LogP contribution in [-0.2, 0) is 0 Å². The second kappa shape index (κ2) is 2.73. The molecule has 0 amide bonds. The molecule has 11 heavy (non-hydrogen) atoms. The Kier molecular flexibility index (Phi) is 1.87. The lowest BCUT2D eigenvalue weighted by Crippen LogP contribution is -2.49. The summed E-state index contributed by atoms with van der Waals surface area (Å²) in [7, 11) is 0. The zero-order valence-corrected chi connectivity index (χ0v) is 6.61. The van der Waals surface area contributed by atoms with Gasteiger partial charge in [0.1, 0.15) is 0 Å². The third-order valence-corrected chi connectivity index (χ3v) is 2.88. The van der Waals surface area contributed by atoms with Gasteiger partial charge in [-0.3, -0.25) is 4.90 Å². The Bertz CT molecular complexity index is 135. The fraction of sp³-hybridized carbons (Fsp3) is 1.00. The van der Waals surface area contributed by atoms with Gasteiger partial charge in [0, 0.05) is 12.6 Å². The summed E-state index contributed by atoms with van der Waals surface area (Å²) in [6.07, 6.45) is 2.20. The van der Waals surface area contributed by atoms with E-state index in [9.17, 15) is 10.2 Å². The van der Waals surface area contributed by atoms with Crippen LogP contribution in [0.25, 0.3) is 0 Å². The van der Waals surface area contributed by atoms with Crippen molar-refractivity contribution in [1.82, 2.24) is 4.90 Å². The van der Waals surface area contributed by atoms with Gasteiger partial charge in [0.2, 0.25) is 0 Å². The van der Waals surface area contributed by atoms with Crippen LogP contribution >= 0.6 is 0 Å². The van der Waals surface area contributed by atoms with Crippen molar-refractivity contribution in [2.75, 3.05) is 13.1 Å². The van der Waals surface area contributed by atoms with Crippen molar-refractivity contribution in [2.45, 2.75) is 37.5 Å². The van der Waals surface area contributed by atoms with Crippen LogP contribution in [0.15, 0.2) is 0 Å². The Morgan fingerprint density at radius 2 is 2.00 bits per heavy atom. The Labute approximate surface area is 66.6 Å². The zero-order chi connectivity index (χ0) is 7.84. The fourth-order valence-corrected chi connectivity index (χ4v) is 2.20. The SMILES string of the molecule is OC1CC2CCCN2CC1O. The molecule has 2 aliphatic heterocycles. The van der Waals surface area contributed by atoms with Crippen LogP contribution in [0.2, 0.25) is 0 Å². The van der Waals surface area contributed by atoms with E-state index in [1.807, 2.05) is 0 Å². The molecule has 0 spiro atoms. The van der Waals surface area contributed by atoms with E-state index in [-0.39, 0.29) is 0 Å². The number of fused-ring (bicyclic) bond motifs is 1. The molecule has 3 unspecified atom stereocenters. The molecule has 0 aromatic heterocycles. The van der Waals surface area contributed by atoms with Crippen molar-refractivity contribution >= 4 is 0 Å². The minimum Gasteiger partial charge on any atom is -0.390 e. The molecule has 64 valence electrons. The van der Waals surface area contributed by atoms with Gasteiger partial charge >= 0.3 is 0 Å². The molecular formula is C8H15NO2. The topological polar surface area (TPSA) is 43.7 Å². The number of aliphatic hydroxyl groups excluding tert-OH is 2. The van der Waals surface area contributed by atoms with E-state index in [1.165, 1.54) is 12.8 Å². The van der Waals surface area contributed by atoms with Crippen LogP contribution < -0.4 is 0 Å². The molecule has 0 bridgehead atoms. The van der Waals surface area contributed by atoms with Gasteiger partial charge in [-0.05, 0) is 25.8 Å². The molecule has 0 aromatic rings. The van der Waals surface area contributed by atoms with Gasteiger partial charge in [-0.1, -0.05) is 0 Å². The highest BCUT2D eigenvalue weighted by Crippen LogP contribution is 2.26. The van der Waals surface area contributed by atoms with Crippen molar-refractivity contribution in [2.24, 2.45) is 0 Å². The second-order valence-corrected chi connectivity index (χ2v) is 3.66. The van der Waals surface area contributed by atoms with Crippen molar-refractivity contribution in [3.63, 3.8) is 0 Å². The van der Waals surface area contributed by atoms with E-state index in [2.05, 4.69) is 4.90 Å². The fourth-order valence-electron chi connectivity index (χ4n) is 2.20. The van der Waals surface area contributed by atoms with Gasteiger partial charge in [-0.25, -0.2) is 0 Å². The first-order valence-corrected chi connectivity index (χ1v) is 4.37. The molecule has 2 saturated heterocycles. The maximum absolute atomic E-state index is 9.35. The molecule has 3 nitrogen and oxygen atoms in total. The van der Waals surface area contributed by atoms with Crippen molar-refractivity contribution in [3.05, 3.63) is 0 Å². The molecule has 0 aromatic carbocycles. The predicted molar refractivity (Wildman–Crippen MR) is 41.2 cm³/mol. The maximum atomic E-state index is 9.35. The lowest BCUT2D eigenvalue weighted by Gasteiger charge is -2.35. The summed E-state index contributed by atoms with van der Waals surface area (Å²) >= 11 is 0. The minimum atomic E-state index is -0.510. The molecule has 0 saturated carbocycles. The maximum Gasteiger partial charge on any atom is 0.0926 e. The molecule has 0 aliphatic carbocycles. The van der Waals surface area contributed by atoms with E-state index >= 15 is 0 Å². The number of aliphatic hydroxyl groups is 2. The third kappa shape index (κ3) is 1.28. The number of nitrogens with zero attached hydrogens (tertiary/aromatic N) is 1. The van der Waals surface area contributed by atoms with E-state index < -0.39 is 12.2 Å². The Morgan fingerprint density at radius 1 is 1.18 bits per heavy atom. The van der Waals surface area contributed by atoms with E-state index in [1.54, 1.807) is 0 Å². The third-order valence-electron chi connectivity index (χ3n) is 2.88. The van der Waals surface area contributed by atoms with E-state index in [4.69, 9.17) is 0 Å². The first-order chi connectivity index (χ1) is 5.27. The Hall–Kier alpha value is -0.120. The molecule has 0 radical (unpaired) electrons. The average molecular weight is 157 g/mol. The normalized spacial score (nSPS) is 45.8. The van der Waals surface area contributed by atoms with Crippen LogP contribution in [0.5, 0.6) is 0 Å². The Balaban J connectivity index is 2.00.